The predicted octanol–water partition coefficient (Wildman–Crippen LogP) is 2.85. The molecule has 0 aromatic carbocycles. The van der Waals surface area contributed by atoms with Crippen molar-refractivity contribution in [1.29, 1.82) is 0 Å². The van der Waals surface area contributed by atoms with Crippen molar-refractivity contribution in [2.45, 2.75) is 45.8 Å². The van der Waals surface area contributed by atoms with E-state index in [-0.39, 0.29) is 0 Å². The van der Waals surface area contributed by atoms with E-state index in [0.29, 0.717) is 0 Å². The molecular weight excluding hydrogens is 224 g/mol. The lowest BCUT2D eigenvalue weighted by molar-refractivity contribution is 0.309. The molecule has 100 valence electrons. The van der Waals surface area contributed by atoms with Crippen LogP contribution in [0.4, 0.5) is 0 Å². The molecule has 1 aromatic rings. The Labute approximate surface area is 110 Å². The van der Waals surface area contributed by atoms with Gasteiger partial charge >= 0.3 is 0 Å². The number of aryl methyl sites for hydroxylation is 1. The molecule has 1 fully saturated rings. The van der Waals surface area contributed by atoms with E-state index in [9.17, 15) is 0 Å². The summed E-state index contributed by atoms with van der Waals surface area (Å²) in [4.78, 5) is 2.22. The monoisotopic (exact) mass is 248 g/mol. The van der Waals surface area contributed by atoms with Gasteiger partial charge in [0.15, 0.2) is 0 Å². The van der Waals surface area contributed by atoms with Crippen LogP contribution in [-0.2, 0) is 13.1 Å². The number of rotatable bonds is 7. The Kier molecular flexibility index (Phi) is 4.25. The van der Waals surface area contributed by atoms with Gasteiger partial charge in [-0.1, -0.05) is 12.2 Å². The van der Waals surface area contributed by atoms with E-state index in [4.69, 9.17) is 4.42 Å². The van der Waals surface area contributed by atoms with Gasteiger partial charge in [-0.2, -0.15) is 0 Å². The van der Waals surface area contributed by atoms with Crippen LogP contribution in [0.5, 0.6) is 0 Å². The van der Waals surface area contributed by atoms with Crippen molar-refractivity contribution in [2.24, 2.45) is 0 Å². The Morgan fingerprint density at radius 1 is 1.56 bits per heavy atom. The highest BCUT2D eigenvalue weighted by Crippen LogP contribution is 2.21. The molecule has 0 atom stereocenters. The molecule has 0 unspecified atom stereocenters. The van der Waals surface area contributed by atoms with Gasteiger partial charge < -0.3 is 9.73 Å². The van der Waals surface area contributed by atoms with Crippen molar-refractivity contribution in [2.75, 3.05) is 13.6 Å². The minimum atomic E-state index is 0.726. The van der Waals surface area contributed by atoms with Crippen molar-refractivity contribution in [3.63, 3.8) is 0 Å². The molecule has 0 radical (unpaired) electrons. The predicted molar refractivity (Wildman–Crippen MR) is 74.5 cm³/mol. The van der Waals surface area contributed by atoms with E-state index in [1.54, 1.807) is 0 Å². The van der Waals surface area contributed by atoms with E-state index in [1.165, 1.54) is 24.0 Å². The molecule has 1 heterocycles. The molecule has 0 aliphatic heterocycles. The fourth-order valence-electron chi connectivity index (χ4n) is 2.15. The van der Waals surface area contributed by atoms with Gasteiger partial charge in [0, 0.05) is 12.6 Å². The maximum Gasteiger partial charge on any atom is 0.120 e. The molecule has 2 rings (SSSR count). The third kappa shape index (κ3) is 4.00. The van der Waals surface area contributed by atoms with Crippen LogP contribution in [0.15, 0.2) is 22.6 Å². The minimum Gasteiger partial charge on any atom is -0.463 e. The highest BCUT2D eigenvalue weighted by molar-refractivity contribution is 5.20. The fraction of sp³-hybridized carbons (Fsp3) is 0.600. The molecule has 0 saturated heterocycles. The number of nitrogens with one attached hydrogen (secondary N) is 1. The molecule has 1 saturated carbocycles. The van der Waals surface area contributed by atoms with Crippen LogP contribution in [0.2, 0.25) is 0 Å². The zero-order valence-corrected chi connectivity index (χ0v) is 11.8. The summed E-state index contributed by atoms with van der Waals surface area (Å²) in [5, 5.41) is 3.49. The number of furan rings is 1. The van der Waals surface area contributed by atoms with Gasteiger partial charge in [-0.05, 0) is 45.4 Å². The minimum absolute atomic E-state index is 0.726. The second-order valence-corrected chi connectivity index (χ2v) is 5.60. The van der Waals surface area contributed by atoms with Crippen LogP contribution in [0.3, 0.4) is 0 Å². The molecule has 1 aromatic heterocycles. The lowest BCUT2D eigenvalue weighted by Gasteiger charge is -2.14. The highest BCUT2D eigenvalue weighted by atomic mass is 16.3. The SMILES string of the molecule is C=C(C)CN(C)Cc1cc(C)c(CNC2CC2)o1. The number of hydrogen-bond donors (Lipinski definition) is 1. The summed E-state index contributed by atoms with van der Waals surface area (Å²) >= 11 is 0. The quantitative estimate of drug-likeness (QED) is 0.752. The second kappa shape index (κ2) is 5.72. The van der Waals surface area contributed by atoms with Gasteiger partial charge in [-0.3, -0.25) is 4.90 Å². The number of nitrogens with zero attached hydrogens (tertiary/aromatic N) is 1. The van der Waals surface area contributed by atoms with Gasteiger partial charge in [0.1, 0.15) is 11.5 Å². The Morgan fingerprint density at radius 3 is 2.89 bits per heavy atom. The lowest BCUT2D eigenvalue weighted by Crippen LogP contribution is -2.19. The molecule has 1 aliphatic rings. The summed E-state index contributed by atoms with van der Waals surface area (Å²) in [7, 11) is 2.09. The summed E-state index contributed by atoms with van der Waals surface area (Å²) < 4.78 is 5.91. The van der Waals surface area contributed by atoms with Crippen molar-refractivity contribution in [3.05, 3.63) is 35.3 Å². The van der Waals surface area contributed by atoms with Gasteiger partial charge in [0.2, 0.25) is 0 Å². The summed E-state index contributed by atoms with van der Waals surface area (Å²) in [6.45, 7) is 10.7. The highest BCUT2D eigenvalue weighted by Gasteiger charge is 2.21. The second-order valence-electron chi connectivity index (χ2n) is 5.60. The standard InChI is InChI=1S/C15H24N2O/c1-11(2)9-17(4)10-14-7-12(3)15(18-14)8-16-13-5-6-13/h7,13,16H,1,5-6,8-10H2,2-4H3. The van der Waals surface area contributed by atoms with Gasteiger partial charge in [0.25, 0.3) is 0 Å². The third-order valence-corrected chi connectivity index (χ3v) is 3.17. The van der Waals surface area contributed by atoms with Crippen molar-refractivity contribution >= 4 is 0 Å². The summed E-state index contributed by atoms with van der Waals surface area (Å²) in [6, 6.07) is 2.88. The smallest absolute Gasteiger partial charge is 0.120 e. The maximum absolute atomic E-state index is 5.91. The van der Waals surface area contributed by atoms with Crippen LogP contribution in [0.1, 0.15) is 36.8 Å². The number of likely N-dealkylation sites (N-methyl/N-ethyl adjacent to an activating group) is 1. The largest absolute Gasteiger partial charge is 0.463 e. The first-order chi connectivity index (χ1) is 8.54. The molecule has 1 aliphatic carbocycles. The van der Waals surface area contributed by atoms with Crippen LogP contribution in [0, 0.1) is 6.92 Å². The van der Waals surface area contributed by atoms with Gasteiger partial charge in [-0.15, -0.1) is 0 Å². The van der Waals surface area contributed by atoms with Gasteiger partial charge in [-0.25, -0.2) is 0 Å². The molecule has 18 heavy (non-hydrogen) atoms. The Hall–Kier alpha value is -1.06. The zero-order valence-electron chi connectivity index (χ0n) is 11.8. The van der Waals surface area contributed by atoms with Gasteiger partial charge in [0.05, 0.1) is 13.1 Å². The first-order valence-corrected chi connectivity index (χ1v) is 6.69. The average Bonchev–Trinajstić information content (AvgIpc) is 3.00. The Bertz CT molecular complexity index is 418. The van der Waals surface area contributed by atoms with E-state index in [1.807, 2.05) is 0 Å². The van der Waals surface area contributed by atoms with Crippen molar-refractivity contribution < 1.29 is 4.42 Å². The summed E-state index contributed by atoms with van der Waals surface area (Å²) in [6.07, 6.45) is 2.63. The summed E-state index contributed by atoms with van der Waals surface area (Å²) in [5.41, 5.74) is 2.43. The lowest BCUT2D eigenvalue weighted by atomic mass is 10.2. The normalized spacial score (nSPS) is 15.3. The molecule has 1 N–H and O–H groups in total. The van der Waals surface area contributed by atoms with Crippen LogP contribution < -0.4 is 5.32 Å². The molecule has 0 bridgehead atoms. The van der Waals surface area contributed by atoms with Crippen molar-refractivity contribution in [1.82, 2.24) is 10.2 Å². The van der Waals surface area contributed by atoms with E-state index in [0.717, 1.165) is 37.2 Å². The molecular formula is C15H24N2O. The van der Waals surface area contributed by atoms with E-state index < -0.39 is 0 Å². The first-order valence-electron chi connectivity index (χ1n) is 6.69. The average molecular weight is 248 g/mol. The molecule has 3 nitrogen and oxygen atoms in total. The molecule has 0 amide bonds. The molecule has 0 spiro atoms. The van der Waals surface area contributed by atoms with E-state index >= 15 is 0 Å². The third-order valence-electron chi connectivity index (χ3n) is 3.17. The van der Waals surface area contributed by atoms with E-state index in [2.05, 4.69) is 43.8 Å². The summed E-state index contributed by atoms with van der Waals surface area (Å²) in [5.74, 6) is 2.13. The topological polar surface area (TPSA) is 28.4 Å². The Morgan fingerprint density at radius 2 is 2.28 bits per heavy atom. The van der Waals surface area contributed by atoms with Crippen LogP contribution >= 0.6 is 0 Å². The molecule has 3 heteroatoms. The number of hydrogen-bond acceptors (Lipinski definition) is 3. The fourth-order valence-corrected chi connectivity index (χ4v) is 2.15. The van der Waals surface area contributed by atoms with Crippen LogP contribution in [0.25, 0.3) is 0 Å². The first kappa shape index (κ1) is 13.4. The van der Waals surface area contributed by atoms with Crippen molar-refractivity contribution in [3.8, 4) is 0 Å². The Balaban J connectivity index is 1.88. The zero-order chi connectivity index (χ0) is 13.1. The maximum atomic E-state index is 5.91. The van der Waals surface area contributed by atoms with Crippen LogP contribution in [-0.4, -0.2) is 24.5 Å².